The molecule has 0 amide bonds. The van der Waals surface area contributed by atoms with Crippen molar-refractivity contribution in [3.8, 4) is 34.4 Å². The normalized spacial score (nSPS) is 12.1. The molecule has 5 heteroatoms. The molecular weight excluding hydrogens is 613 g/mol. The lowest BCUT2D eigenvalue weighted by atomic mass is 9.81. The molecule has 3 heterocycles. The molecule has 5 aromatic carbocycles. The third-order valence-electron chi connectivity index (χ3n) is 9.73. The first-order chi connectivity index (χ1) is 24.2. The highest BCUT2D eigenvalue weighted by atomic mass is 16.5. The molecule has 50 heavy (non-hydrogen) atoms. The number of nitrogens with zero attached hydrogens (tertiary/aromatic N) is 4. The quantitative estimate of drug-likeness (QED) is 0.172. The standard InChI is InChI=1S/C45H40N4O/c1-44(2,3)33-25-26-46-42(28-33)49-39-22-13-12-21-37(39)38-24-23-36(29-40(38)49)50-35-20-14-15-31(27-35)43-47-30-41(48(43)34-18-10-7-11-19-34)45(4,5)32-16-8-6-9-17-32/h6-30H,1-5H3. The highest BCUT2D eigenvalue weighted by molar-refractivity contribution is 6.09. The fourth-order valence-electron chi connectivity index (χ4n) is 6.94. The van der Waals surface area contributed by atoms with Gasteiger partial charge in [-0.05, 0) is 71.1 Å². The number of para-hydroxylation sites is 2. The summed E-state index contributed by atoms with van der Waals surface area (Å²) in [6.45, 7) is 11.2. The fourth-order valence-corrected chi connectivity index (χ4v) is 6.94. The van der Waals surface area contributed by atoms with Gasteiger partial charge in [0.15, 0.2) is 0 Å². The Balaban J connectivity index is 1.21. The summed E-state index contributed by atoms with van der Waals surface area (Å²) in [6, 6.07) is 48.4. The molecule has 0 aliphatic carbocycles. The van der Waals surface area contributed by atoms with Crippen LogP contribution >= 0.6 is 0 Å². The van der Waals surface area contributed by atoms with Crippen LogP contribution in [0.15, 0.2) is 152 Å². The van der Waals surface area contributed by atoms with Crippen molar-refractivity contribution in [2.75, 3.05) is 0 Å². The van der Waals surface area contributed by atoms with E-state index in [0.29, 0.717) is 0 Å². The number of rotatable bonds is 7. The van der Waals surface area contributed by atoms with E-state index in [1.54, 1.807) is 0 Å². The molecule has 0 N–H and O–H groups in total. The van der Waals surface area contributed by atoms with Gasteiger partial charge in [-0.15, -0.1) is 0 Å². The summed E-state index contributed by atoms with van der Waals surface area (Å²) < 4.78 is 11.2. The number of imidazole rings is 1. The van der Waals surface area contributed by atoms with E-state index in [0.717, 1.165) is 56.5 Å². The summed E-state index contributed by atoms with van der Waals surface area (Å²) in [5, 5.41) is 2.34. The van der Waals surface area contributed by atoms with E-state index in [1.165, 1.54) is 16.5 Å². The minimum atomic E-state index is -0.286. The first-order valence-electron chi connectivity index (χ1n) is 17.2. The molecule has 0 saturated heterocycles. The van der Waals surface area contributed by atoms with Gasteiger partial charge >= 0.3 is 0 Å². The monoisotopic (exact) mass is 652 g/mol. The molecule has 0 aliphatic rings. The molecule has 8 aromatic rings. The summed E-state index contributed by atoms with van der Waals surface area (Å²) in [5.74, 6) is 3.25. The molecule has 246 valence electrons. The number of ether oxygens (including phenoxy) is 1. The Hall–Kier alpha value is -5.94. The van der Waals surface area contributed by atoms with Crippen molar-refractivity contribution in [3.05, 3.63) is 169 Å². The van der Waals surface area contributed by atoms with Gasteiger partial charge in [-0.1, -0.05) is 113 Å². The van der Waals surface area contributed by atoms with E-state index in [2.05, 4.69) is 165 Å². The second-order valence-corrected chi connectivity index (χ2v) is 14.4. The molecule has 0 saturated carbocycles. The minimum Gasteiger partial charge on any atom is -0.457 e. The van der Waals surface area contributed by atoms with Gasteiger partial charge in [0.2, 0.25) is 0 Å². The van der Waals surface area contributed by atoms with Crippen LogP contribution in [0.25, 0.3) is 44.7 Å². The van der Waals surface area contributed by atoms with Crippen molar-refractivity contribution in [2.24, 2.45) is 0 Å². The minimum absolute atomic E-state index is 0.00300. The van der Waals surface area contributed by atoms with Crippen molar-refractivity contribution >= 4 is 21.8 Å². The molecule has 0 radical (unpaired) electrons. The van der Waals surface area contributed by atoms with Gasteiger partial charge in [0.25, 0.3) is 0 Å². The lowest BCUT2D eigenvalue weighted by molar-refractivity contribution is 0.483. The maximum absolute atomic E-state index is 6.63. The maximum atomic E-state index is 6.63. The van der Waals surface area contributed by atoms with Crippen LogP contribution in [0.2, 0.25) is 0 Å². The number of hydrogen-bond acceptors (Lipinski definition) is 3. The zero-order chi connectivity index (χ0) is 34.5. The van der Waals surface area contributed by atoms with Crippen molar-refractivity contribution < 1.29 is 4.74 Å². The van der Waals surface area contributed by atoms with Gasteiger partial charge in [0.1, 0.15) is 23.1 Å². The van der Waals surface area contributed by atoms with Crippen LogP contribution in [0.4, 0.5) is 0 Å². The average molecular weight is 653 g/mol. The Morgan fingerprint density at radius 2 is 1.24 bits per heavy atom. The van der Waals surface area contributed by atoms with Gasteiger partial charge in [0.05, 0.1) is 22.9 Å². The van der Waals surface area contributed by atoms with Crippen LogP contribution in [0.3, 0.4) is 0 Å². The second-order valence-electron chi connectivity index (χ2n) is 14.4. The topological polar surface area (TPSA) is 44.9 Å². The van der Waals surface area contributed by atoms with E-state index in [1.807, 2.05) is 30.6 Å². The van der Waals surface area contributed by atoms with Crippen LogP contribution < -0.4 is 4.74 Å². The van der Waals surface area contributed by atoms with Crippen LogP contribution in [0.5, 0.6) is 11.5 Å². The van der Waals surface area contributed by atoms with E-state index in [4.69, 9.17) is 14.7 Å². The molecule has 0 unspecified atom stereocenters. The number of aromatic nitrogens is 4. The maximum Gasteiger partial charge on any atom is 0.144 e. The molecule has 0 aliphatic heterocycles. The van der Waals surface area contributed by atoms with Crippen molar-refractivity contribution in [3.63, 3.8) is 0 Å². The Morgan fingerprint density at radius 3 is 2.02 bits per heavy atom. The molecule has 0 bridgehead atoms. The zero-order valence-corrected chi connectivity index (χ0v) is 29.1. The predicted octanol–water partition coefficient (Wildman–Crippen LogP) is 11.4. The van der Waals surface area contributed by atoms with Gasteiger partial charge in [-0.2, -0.15) is 0 Å². The van der Waals surface area contributed by atoms with Crippen LogP contribution in [-0.2, 0) is 10.8 Å². The number of hydrogen-bond donors (Lipinski definition) is 0. The van der Waals surface area contributed by atoms with Crippen LogP contribution in [0, 0.1) is 0 Å². The first-order valence-corrected chi connectivity index (χ1v) is 17.2. The number of fused-ring (bicyclic) bond motifs is 3. The Kier molecular flexibility index (Phi) is 7.64. The molecule has 0 spiro atoms. The third kappa shape index (κ3) is 5.55. The predicted molar refractivity (Wildman–Crippen MR) is 205 cm³/mol. The van der Waals surface area contributed by atoms with Crippen LogP contribution in [0.1, 0.15) is 51.4 Å². The Morgan fingerprint density at radius 1 is 0.540 bits per heavy atom. The molecule has 3 aromatic heterocycles. The Labute approximate surface area is 293 Å². The lowest BCUT2D eigenvalue weighted by Crippen LogP contribution is -2.23. The fraction of sp³-hybridized carbons (Fsp3) is 0.156. The van der Waals surface area contributed by atoms with Gasteiger partial charge in [-0.25, -0.2) is 9.97 Å². The van der Waals surface area contributed by atoms with Gasteiger partial charge < -0.3 is 4.74 Å². The van der Waals surface area contributed by atoms with Crippen molar-refractivity contribution in [1.29, 1.82) is 0 Å². The molecule has 0 atom stereocenters. The number of pyridine rings is 1. The van der Waals surface area contributed by atoms with Crippen LogP contribution in [-0.4, -0.2) is 19.1 Å². The second kappa shape index (κ2) is 12.2. The summed E-state index contributed by atoms with van der Waals surface area (Å²) in [6.07, 6.45) is 3.92. The summed E-state index contributed by atoms with van der Waals surface area (Å²) in [5.41, 5.74) is 7.49. The highest BCUT2D eigenvalue weighted by Crippen LogP contribution is 2.39. The smallest absolute Gasteiger partial charge is 0.144 e. The number of benzene rings is 5. The average Bonchev–Trinajstić information content (AvgIpc) is 3.73. The lowest BCUT2D eigenvalue weighted by Gasteiger charge is -2.27. The Bertz CT molecular complexity index is 2470. The molecule has 0 fully saturated rings. The van der Waals surface area contributed by atoms with Gasteiger partial charge in [-0.3, -0.25) is 9.13 Å². The van der Waals surface area contributed by atoms with Gasteiger partial charge in [0, 0.05) is 39.7 Å². The molecular formula is C45H40N4O. The molecule has 8 rings (SSSR count). The SMILES string of the molecule is CC(C)(C)c1ccnc(-n2c3ccccc3c3ccc(Oc4cccc(-c5ncc(C(C)(C)c6ccccc6)n5-c5ccccc5)c4)cc32)c1. The largest absolute Gasteiger partial charge is 0.457 e. The van der Waals surface area contributed by atoms with E-state index >= 15 is 0 Å². The van der Waals surface area contributed by atoms with E-state index < -0.39 is 0 Å². The third-order valence-corrected chi connectivity index (χ3v) is 9.73. The zero-order valence-electron chi connectivity index (χ0n) is 29.1. The first kappa shape index (κ1) is 31.3. The highest BCUT2D eigenvalue weighted by Gasteiger charge is 2.29. The summed E-state index contributed by atoms with van der Waals surface area (Å²) in [7, 11) is 0. The van der Waals surface area contributed by atoms with E-state index in [9.17, 15) is 0 Å². The summed E-state index contributed by atoms with van der Waals surface area (Å²) >= 11 is 0. The van der Waals surface area contributed by atoms with E-state index in [-0.39, 0.29) is 10.8 Å². The van der Waals surface area contributed by atoms with Crippen molar-refractivity contribution in [1.82, 2.24) is 19.1 Å². The van der Waals surface area contributed by atoms with Crippen molar-refractivity contribution in [2.45, 2.75) is 45.4 Å². The molecule has 5 nitrogen and oxygen atoms in total. The summed E-state index contributed by atoms with van der Waals surface area (Å²) in [4.78, 5) is 9.87.